The van der Waals surface area contributed by atoms with E-state index in [1.165, 1.54) is 0 Å². The van der Waals surface area contributed by atoms with Gasteiger partial charge in [0.2, 0.25) is 0 Å². The highest BCUT2D eigenvalue weighted by Crippen LogP contribution is 2.22. The lowest BCUT2D eigenvalue weighted by molar-refractivity contribution is 0.0995. The van der Waals surface area contributed by atoms with Crippen LogP contribution < -0.4 is 10.9 Å². The number of fused-ring (bicyclic) bond motifs is 1. The van der Waals surface area contributed by atoms with E-state index in [9.17, 15) is 9.59 Å². The zero-order chi connectivity index (χ0) is 19.8. The van der Waals surface area contributed by atoms with Crippen LogP contribution in [0.25, 0.3) is 16.6 Å². The van der Waals surface area contributed by atoms with Gasteiger partial charge in [0.25, 0.3) is 11.5 Å². The van der Waals surface area contributed by atoms with Crippen molar-refractivity contribution in [3.05, 3.63) is 86.8 Å². The second-order valence-corrected chi connectivity index (χ2v) is 7.16. The molecular formula is C21H16BrN3O3. The first kappa shape index (κ1) is 18.2. The number of rotatable bonds is 3. The van der Waals surface area contributed by atoms with E-state index in [0.29, 0.717) is 32.8 Å². The van der Waals surface area contributed by atoms with Gasteiger partial charge >= 0.3 is 0 Å². The summed E-state index contributed by atoms with van der Waals surface area (Å²) in [7, 11) is 0. The molecule has 28 heavy (non-hydrogen) atoms. The quantitative estimate of drug-likeness (QED) is 0.507. The summed E-state index contributed by atoms with van der Waals surface area (Å²) in [5, 5.41) is 3.38. The number of carbonyl (C=O) groups is 1. The van der Waals surface area contributed by atoms with Gasteiger partial charge in [-0.1, -0.05) is 12.1 Å². The fourth-order valence-corrected chi connectivity index (χ4v) is 3.40. The average molecular weight is 438 g/mol. The van der Waals surface area contributed by atoms with E-state index in [-0.39, 0.29) is 17.2 Å². The number of aromatic nitrogens is 2. The lowest BCUT2D eigenvalue weighted by Crippen LogP contribution is -2.22. The van der Waals surface area contributed by atoms with Crippen molar-refractivity contribution in [3.63, 3.8) is 0 Å². The van der Waals surface area contributed by atoms with Crippen molar-refractivity contribution in [2.24, 2.45) is 0 Å². The Hall–Kier alpha value is -3.19. The van der Waals surface area contributed by atoms with Gasteiger partial charge in [-0.2, -0.15) is 0 Å². The number of para-hydroxylation sites is 1. The Morgan fingerprint density at radius 3 is 2.61 bits per heavy atom. The first-order valence-corrected chi connectivity index (χ1v) is 9.39. The fraction of sp³-hybridized carbons (Fsp3) is 0.0952. The van der Waals surface area contributed by atoms with Gasteiger partial charge < -0.3 is 9.73 Å². The van der Waals surface area contributed by atoms with Crippen LogP contribution in [0, 0.1) is 13.8 Å². The van der Waals surface area contributed by atoms with Crippen molar-refractivity contribution in [1.29, 1.82) is 0 Å². The van der Waals surface area contributed by atoms with Crippen LogP contribution in [-0.4, -0.2) is 15.5 Å². The van der Waals surface area contributed by atoms with Gasteiger partial charge in [0.15, 0.2) is 10.4 Å². The van der Waals surface area contributed by atoms with Crippen LogP contribution in [0.4, 0.5) is 5.69 Å². The first-order valence-electron chi connectivity index (χ1n) is 8.60. The Kier molecular flexibility index (Phi) is 4.60. The highest BCUT2D eigenvalue weighted by molar-refractivity contribution is 9.10. The summed E-state index contributed by atoms with van der Waals surface area (Å²) < 4.78 is 7.34. The minimum absolute atomic E-state index is 0.125. The number of halogens is 1. The number of nitrogens with one attached hydrogen (secondary N) is 1. The Bertz CT molecular complexity index is 1270. The molecule has 0 saturated heterocycles. The molecule has 7 heteroatoms. The number of aryl methyl sites for hydroxylation is 2. The predicted molar refractivity (Wildman–Crippen MR) is 111 cm³/mol. The van der Waals surface area contributed by atoms with E-state index in [1.54, 1.807) is 41.8 Å². The molecule has 2 aromatic carbocycles. The largest absolute Gasteiger partial charge is 0.444 e. The monoisotopic (exact) mass is 437 g/mol. The van der Waals surface area contributed by atoms with Gasteiger partial charge in [-0.3, -0.25) is 14.2 Å². The van der Waals surface area contributed by atoms with Crippen molar-refractivity contribution < 1.29 is 9.21 Å². The van der Waals surface area contributed by atoms with Gasteiger partial charge in [0.1, 0.15) is 5.82 Å². The zero-order valence-corrected chi connectivity index (χ0v) is 16.8. The highest BCUT2D eigenvalue weighted by Gasteiger charge is 2.14. The fourth-order valence-electron chi connectivity index (χ4n) is 3.10. The lowest BCUT2D eigenvalue weighted by Gasteiger charge is -2.13. The second kappa shape index (κ2) is 7.09. The molecule has 4 aromatic rings. The molecule has 4 rings (SSSR count). The Balaban J connectivity index is 1.71. The second-order valence-electron chi connectivity index (χ2n) is 6.37. The third kappa shape index (κ3) is 3.25. The summed E-state index contributed by atoms with van der Waals surface area (Å²) >= 11 is 3.18. The number of hydrogen-bond donors (Lipinski definition) is 1. The smallest absolute Gasteiger partial charge is 0.291 e. The Labute approximate surface area is 169 Å². The van der Waals surface area contributed by atoms with E-state index < -0.39 is 0 Å². The molecule has 6 nitrogen and oxygen atoms in total. The number of furan rings is 1. The van der Waals surface area contributed by atoms with Crippen molar-refractivity contribution in [1.82, 2.24) is 9.55 Å². The number of amides is 1. The summed E-state index contributed by atoms with van der Waals surface area (Å²) in [5.41, 5.74) is 2.69. The van der Waals surface area contributed by atoms with E-state index in [1.807, 2.05) is 31.2 Å². The predicted octanol–water partition coefficient (Wildman–Crippen LogP) is 4.61. The van der Waals surface area contributed by atoms with Crippen LogP contribution in [0.15, 0.2) is 68.5 Å². The Morgan fingerprint density at radius 1 is 1.11 bits per heavy atom. The van der Waals surface area contributed by atoms with Gasteiger partial charge in [0, 0.05) is 5.69 Å². The van der Waals surface area contributed by atoms with Crippen molar-refractivity contribution in [2.45, 2.75) is 13.8 Å². The van der Waals surface area contributed by atoms with Crippen molar-refractivity contribution in [2.75, 3.05) is 5.32 Å². The van der Waals surface area contributed by atoms with E-state index >= 15 is 0 Å². The average Bonchev–Trinajstić information content (AvgIpc) is 3.10. The van der Waals surface area contributed by atoms with E-state index in [0.717, 1.165) is 5.56 Å². The Morgan fingerprint density at radius 2 is 1.89 bits per heavy atom. The molecule has 0 radical (unpaired) electrons. The molecule has 0 aliphatic heterocycles. The molecule has 140 valence electrons. The highest BCUT2D eigenvalue weighted by atomic mass is 79.9. The van der Waals surface area contributed by atoms with Gasteiger partial charge in [0.05, 0.1) is 16.6 Å². The number of carbonyl (C=O) groups excluding carboxylic acids is 1. The molecule has 0 unspecified atom stereocenters. The summed E-state index contributed by atoms with van der Waals surface area (Å²) in [6, 6.07) is 15.9. The van der Waals surface area contributed by atoms with Gasteiger partial charge in [-0.15, -0.1) is 0 Å². The van der Waals surface area contributed by atoms with Crippen LogP contribution in [0.1, 0.15) is 21.9 Å². The normalized spacial score (nSPS) is 11.0. The molecule has 1 amide bonds. The van der Waals surface area contributed by atoms with Crippen LogP contribution >= 0.6 is 15.9 Å². The van der Waals surface area contributed by atoms with Gasteiger partial charge in [-0.25, -0.2) is 4.98 Å². The minimum atomic E-state index is -0.345. The maximum absolute atomic E-state index is 12.9. The SMILES string of the molecule is Cc1cc(-n2c(C)nc3ccccc3c2=O)ccc1NC(=O)c1ccc(Br)o1. The maximum atomic E-state index is 12.9. The molecule has 2 aromatic heterocycles. The maximum Gasteiger partial charge on any atom is 0.291 e. The molecule has 0 aliphatic carbocycles. The summed E-state index contributed by atoms with van der Waals surface area (Å²) in [5.74, 6) is 0.462. The lowest BCUT2D eigenvalue weighted by atomic mass is 10.1. The first-order chi connectivity index (χ1) is 13.4. The molecule has 1 N–H and O–H groups in total. The van der Waals surface area contributed by atoms with Crippen LogP contribution in [0.5, 0.6) is 0 Å². The molecule has 0 saturated carbocycles. The van der Waals surface area contributed by atoms with E-state index in [2.05, 4.69) is 26.2 Å². The number of nitrogens with zero attached hydrogens (tertiary/aromatic N) is 2. The zero-order valence-electron chi connectivity index (χ0n) is 15.2. The summed E-state index contributed by atoms with van der Waals surface area (Å²) in [4.78, 5) is 29.8. The molecular weight excluding hydrogens is 422 g/mol. The van der Waals surface area contributed by atoms with Gasteiger partial charge in [-0.05, 0) is 77.8 Å². The number of anilines is 1. The van der Waals surface area contributed by atoms with Crippen LogP contribution in [0.2, 0.25) is 0 Å². The third-order valence-corrected chi connectivity index (χ3v) is 4.88. The van der Waals surface area contributed by atoms with Crippen molar-refractivity contribution >= 4 is 38.4 Å². The molecule has 0 spiro atoms. The van der Waals surface area contributed by atoms with Crippen LogP contribution in [-0.2, 0) is 0 Å². The number of hydrogen-bond acceptors (Lipinski definition) is 4. The summed E-state index contributed by atoms with van der Waals surface area (Å²) in [6.45, 7) is 3.67. The van der Waals surface area contributed by atoms with Crippen LogP contribution in [0.3, 0.4) is 0 Å². The minimum Gasteiger partial charge on any atom is -0.444 e. The third-order valence-electron chi connectivity index (χ3n) is 4.46. The molecule has 0 fully saturated rings. The van der Waals surface area contributed by atoms with Crippen molar-refractivity contribution in [3.8, 4) is 5.69 Å². The molecule has 0 aliphatic rings. The number of benzene rings is 2. The van der Waals surface area contributed by atoms with E-state index in [4.69, 9.17) is 4.42 Å². The standard InChI is InChI=1S/C21H16BrN3O3/c1-12-11-14(7-8-16(12)24-20(26)18-9-10-19(22)28-18)25-13(2)23-17-6-4-3-5-15(17)21(25)27/h3-11H,1-2H3,(H,24,26). The summed E-state index contributed by atoms with van der Waals surface area (Å²) in [6.07, 6.45) is 0. The molecule has 2 heterocycles. The molecule has 0 atom stereocenters. The topological polar surface area (TPSA) is 77.1 Å². The molecule has 0 bridgehead atoms.